The summed E-state index contributed by atoms with van der Waals surface area (Å²) >= 11 is 0. The minimum atomic E-state index is 0.0383. The highest BCUT2D eigenvalue weighted by Gasteiger charge is 2.09. The molecule has 1 unspecified atom stereocenters. The monoisotopic (exact) mass is 238 g/mol. The molecular formula is C13H22N2O2. The molecule has 1 heterocycles. The number of nitrogens with zero attached hydrogens (tertiary/aromatic N) is 1. The number of hydrogen-bond donors (Lipinski definition) is 1. The lowest BCUT2D eigenvalue weighted by molar-refractivity contribution is 0.0140. The molecule has 1 saturated heterocycles. The summed E-state index contributed by atoms with van der Waals surface area (Å²) in [5, 5.41) is 7.39. The molecule has 4 nitrogen and oxygen atoms in total. The first-order valence-corrected chi connectivity index (χ1v) is 6.03. The predicted octanol–water partition coefficient (Wildman–Crippen LogP) is 1.49. The molecule has 4 heteroatoms. The van der Waals surface area contributed by atoms with Gasteiger partial charge in [-0.15, -0.1) is 0 Å². The zero-order valence-corrected chi connectivity index (χ0v) is 10.5. The molecule has 0 aromatic heterocycles. The van der Waals surface area contributed by atoms with Gasteiger partial charge in [-0.2, -0.15) is 0 Å². The molecule has 17 heavy (non-hydrogen) atoms. The van der Waals surface area contributed by atoms with Crippen LogP contribution in [0.1, 0.15) is 6.92 Å². The van der Waals surface area contributed by atoms with Crippen molar-refractivity contribution in [2.24, 2.45) is 0 Å². The molecule has 1 aliphatic heterocycles. The van der Waals surface area contributed by atoms with Gasteiger partial charge >= 0.3 is 0 Å². The van der Waals surface area contributed by atoms with Gasteiger partial charge < -0.3 is 14.9 Å². The van der Waals surface area contributed by atoms with E-state index in [0.29, 0.717) is 12.3 Å². The lowest BCUT2D eigenvalue weighted by Gasteiger charge is -2.26. The number of hydrogen-bond acceptors (Lipinski definition) is 4. The van der Waals surface area contributed by atoms with Crippen LogP contribution in [0.15, 0.2) is 24.8 Å². The fourth-order valence-corrected chi connectivity index (χ4v) is 1.56. The highest BCUT2D eigenvalue weighted by atomic mass is 16.5. The first-order valence-electron chi connectivity index (χ1n) is 6.03. The topological polar surface area (TPSA) is 45.5 Å². The third-order valence-corrected chi connectivity index (χ3v) is 2.66. The fraction of sp³-hybridized carbons (Fsp3) is 0.615. The maximum Gasteiger partial charge on any atom is 0.0732 e. The molecule has 0 aromatic rings. The Morgan fingerprint density at radius 3 is 2.88 bits per heavy atom. The highest BCUT2D eigenvalue weighted by Crippen LogP contribution is 1.98. The Labute approximate surface area is 103 Å². The van der Waals surface area contributed by atoms with E-state index in [0.717, 1.165) is 32.8 Å². The van der Waals surface area contributed by atoms with E-state index in [9.17, 15) is 0 Å². The van der Waals surface area contributed by atoms with Crippen LogP contribution < -0.4 is 0 Å². The van der Waals surface area contributed by atoms with Crippen molar-refractivity contribution in [3.05, 3.63) is 24.8 Å². The third kappa shape index (κ3) is 6.36. The Kier molecular flexibility index (Phi) is 6.77. The Bertz CT molecular complexity index is 271. The van der Waals surface area contributed by atoms with Crippen LogP contribution in [0.5, 0.6) is 0 Å². The van der Waals surface area contributed by atoms with Crippen LogP contribution in [0.2, 0.25) is 0 Å². The Balaban J connectivity index is 2.10. The predicted molar refractivity (Wildman–Crippen MR) is 69.7 cm³/mol. The number of rotatable bonds is 7. The van der Waals surface area contributed by atoms with Crippen LogP contribution in [0, 0.1) is 5.41 Å². The van der Waals surface area contributed by atoms with Gasteiger partial charge in [0.05, 0.1) is 31.6 Å². The molecule has 0 spiro atoms. The van der Waals surface area contributed by atoms with Crippen LogP contribution in [0.4, 0.5) is 0 Å². The lowest BCUT2D eigenvalue weighted by atomic mass is 10.3. The van der Waals surface area contributed by atoms with Crippen LogP contribution in [0.3, 0.4) is 0 Å². The van der Waals surface area contributed by atoms with Gasteiger partial charge in [0.2, 0.25) is 0 Å². The van der Waals surface area contributed by atoms with E-state index in [1.807, 2.05) is 13.0 Å². The van der Waals surface area contributed by atoms with Gasteiger partial charge in [0.25, 0.3) is 0 Å². The van der Waals surface area contributed by atoms with Crippen molar-refractivity contribution in [2.45, 2.75) is 13.0 Å². The van der Waals surface area contributed by atoms with Gasteiger partial charge in [0, 0.05) is 19.6 Å². The summed E-state index contributed by atoms with van der Waals surface area (Å²) in [4.78, 5) is 2.34. The molecule has 0 saturated carbocycles. The number of ether oxygens (including phenoxy) is 2. The summed E-state index contributed by atoms with van der Waals surface area (Å²) < 4.78 is 10.9. The van der Waals surface area contributed by atoms with Crippen molar-refractivity contribution in [1.82, 2.24) is 4.90 Å². The lowest BCUT2D eigenvalue weighted by Crippen LogP contribution is -2.38. The summed E-state index contributed by atoms with van der Waals surface area (Å²) in [6.07, 6.45) is 5.14. The maximum atomic E-state index is 7.39. The summed E-state index contributed by atoms with van der Waals surface area (Å²) in [6, 6.07) is 0. The standard InChI is InChI=1S/C13H22N2O2/c1-3-13(14)5-4-12(2)17-11-8-15-6-9-16-10-7-15/h3-5,12,14H,1,6-11H2,2H3/b5-4-,14-13?. The largest absolute Gasteiger partial charge is 0.379 e. The number of morpholine rings is 1. The van der Waals surface area contributed by atoms with Crippen molar-refractivity contribution in [3.8, 4) is 0 Å². The zero-order chi connectivity index (χ0) is 12.5. The molecule has 96 valence electrons. The summed E-state index contributed by atoms with van der Waals surface area (Å²) in [5.41, 5.74) is 0.411. The average molecular weight is 238 g/mol. The van der Waals surface area contributed by atoms with Crippen molar-refractivity contribution < 1.29 is 9.47 Å². The van der Waals surface area contributed by atoms with Gasteiger partial charge in [0.15, 0.2) is 0 Å². The molecule has 0 aliphatic carbocycles. The zero-order valence-electron chi connectivity index (χ0n) is 10.5. The molecule has 0 aromatic carbocycles. The highest BCUT2D eigenvalue weighted by molar-refractivity contribution is 6.01. The number of nitrogens with one attached hydrogen (secondary N) is 1. The van der Waals surface area contributed by atoms with Crippen LogP contribution in [-0.4, -0.2) is 56.2 Å². The van der Waals surface area contributed by atoms with E-state index in [4.69, 9.17) is 14.9 Å². The summed E-state index contributed by atoms with van der Waals surface area (Å²) in [6.45, 7) is 10.8. The first kappa shape index (κ1) is 14.1. The molecule has 1 rings (SSSR count). The Hall–Kier alpha value is -0.970. The van der Waals surface area contributed by atoms with Gasteiger partial charge in [-0.1, -0.05) is 12.7 Å². The van der Waals surface area contributed by atoms with Gasteiger partial charge in [0.1, 0.15) is 0 Å². The Morgan fingerprint density at radius 2 is 2.24 bits per heavy atom. The molecule has 1 N–H and O–H groups in total. The van der Waals surface area contributed by atoms with Crippen molar-refractivity contribution in [2.75, 3.05) is 39.5 Å². The fourth-order valence-electron chi connectivity index (χ4n) is 1.56. The third-order valence-electron chi connectivity index (χ3n) is 2.66. The minimum Gasteiger partial charge on any atom is -0.379 e. The molecule has 0 bridgehead atoms. The smallest absolute Gasteiger partial charge is 0.0732 e. The van der Waals surface area contributed by atoms with Gasteiger partial charge in [-0.05, 0) is 19.1 Å². The molecular weight excluding hydrogens is 216 g/mol. The SMILES string of the molecule is C=CC(=N)/C=C\C(C)OCCN1CCOCC1. The first-order chi connectivity index (χ1) is 8.22. The normalized spacial score (nSPS) is 19.4. The van der Waals surface area contributed by atoms with Crippen molar-refractivity contribution in [3.63, 3.8) is 0 Å². The molecule has 0 amide bonds. The van der Waals surface area contributed by atoms with E-state index in [-0.39, 0.29) is 6.10 Å². The summed E-state index contributed by atoms with van der Waals surface area (Å²) in [7, 11) is 0. The van der Waals surface area contributed by atoms with E-state index in [1.165, 1.54) is 6.08 Å². The second-order valence-electron chi connectivity index (χ2n) is 4.05. The van der Waals surface area contributed by atoms with Crippen LogP contribution >= 0.6 is 0 Å². The van der Waals surface area contributed by atoms with E-state index < -0.39 is 0 Å². The van der Waals surface area contributed by atoms with E-state index >= 15 is 0 Å². The second kappa shape index (κ2) is 8.17. The molecule has 1 atom stereocenters. The molecule has 0 radical (unpaired) electrons. The molecule has 1 aliphatic rings. The van der Waals surface area contributed by atoms with Crippen molar-refractivity contribution >= 4 is 5.71 Å². The van der Waals surface area contributed by atoms with E-state index in [2.05, 4.69) is 11.5 Å². The van der Waals surface area contributed by atoms with Gasteiger partial charge in [-0.3, -0.25) is 4.90 Å². The molecule has 1 fully saturated rings. The van der Waals surface area contributed by atoms with E-state index in [1.54, 1.807) is 6.08 Å². The number of allylic oxidation sites excluding steroid dienone is 2. The van der Waals surface area contributed by atoms with Crippen molar-refractivity contribution in [1.29, 1.82) is 5.41 Å². The van der Waals surface area contributed by atoms with Gasteiger partial charge in [-0.25, -0.2) is 0 Å². The average Bonchev–Trinajstić information content (AvgIpc) is 2.37. The van der Waals surface area contributed by atoms with Crippen LogP contribution in [-0.2, 0) is 9.47 Å². The minimum absolute atomic E-state index is 0.0383. The quantitative estimate of drug-likeness (QED) is 0.683. The second-order valence-corrected chi connectivity index (χ2v) is 4.05. The summed E-state index contributed by atoms with van der Waals surface area (Å²) in [5.74, 6) is 0. The maximum absolute atomic E-state index is 7.39. The van der Waals surface area contributed by atoms with Crippen LogP contribution in [0.25, 0.3) is 0 Å². The Morgan fingerprint density at radius 1 is 1.53 bits per heavy atom.